The highest BCUT2D eigenvalue weighted by Gasteiger charge is 2.66. The minimum Gasteiger partial charge on any atom is -0.467 e. The Kier molecular flexibility index (Phi) is 6.81. The van der Waals surface area contributed by atoms with Gasteiger partial charge < -0.3 is 23.4 Å². The van der Waals surface area contributed by atoms with E-state index < -0.39 is 36.9 Å². The predicted octanol–water partition coefficient (Wildman–Crippen LogP) is 2.74. The van der Waals surface area contributed by atoms with Crippen molar-refractivity contribution in [3.05, 3.63) is 35.9 Å². The van der Waals surface area contributed by atoms with Gasteiger partial charge in [0.25, 0.3) is 5.91 Å². The van der Waals surface area contributed by atoms with Gasteiger partial charge in [-0.3, -0.25) is 9.36 Å². The van der Waals surface area contributed by atoms with Crippen LogP contribution in [0.5, 0.6) is 0 Å². The first kappa shape index (κ1) is 21.6. The van der Waals surface area contributed by atoms with E-state index in [0.29, 0.717) is 0 Å². The zero-order valence-corrected chi connectivity index (χ0v) is 17.1. The number of amides is 1. The molecule has 1 aromatic rings. The van der Waals surface area contributed by atoms with Crippen LogP contribution in [0.25, 0.3) is 0 Å². The maximum absolute atomic E-state index is 13.4. The van der Waals surface area contributed by atoms with Crippen molar-refractivity contribution in [2.75, 3.05) is 27.4 Å². The molecule has 1 aromatic carbocycles. The number of β-lactam (4-membered cyclic amide) rings is 1. The maximum atomic E-state index is 13.4. The van der Waals surface area contributed by atoms with Gasteiger partial charge in [-0.2, -0.15) is 0 Å². The largest absolute Gasteiger partial charge is 0.467 e. The third-order valence-corrected chi connectivity index (χ3v) is 6.89. The molecule has 1 fully saturated rings. The topological polar surface area (TPSA) is 91.4 Å². The number of nitrogens with zero attached hydrogens (tertiary/aromatic N) is 1. The fourth-order valence-corrected chi connectivity index (χ4v) is 5.28. The minimum atomic E-state index is -4.01. The zero-order valence-electron chi connectivity index (χ0n) is 16.2. The number of rotatable bonds is 9. The van der Waals surface area contributed by atoms with Gasteiger partial charge >= 0.3 is 13.6 Å². The number of esters is 1. The lowest BCUT2D eigenvalue weighted by atomic mass is 9.79. The highest BCUT2D eigenvalue weighted by atomic mass is 31.2. The lowest BCUT2D eigenvalue weighted by molar-refractivity contribution is -0.202. The summed E-state index contributed by atoms with van der Waals surface area (Å²) in [6, 6.07) is 8.41. The van der Waals surface area contributed by atoms with E-state index in [0.717, 1.165) is 12.7 Å². The smallest absolute Gasteiger partial charge is 0.364 e. The second-order valence-corrected chi connectivity index (χ2v) is 8.19. The SMILES string of the molecule is CCOP(=O)(OCC)C(C(=O)OC)N1C(=O)[C@](C)(OC)[C@@H]1c1ccccc1. The number of likely N-dealkylation sites (tertiary alicyclic amines) is 1. The molecule has 150 valence electrons. The van der Waals surface area contributed by atoms with Crippen LogP contribution in [0.3, 0.4) is 0 Å². The second-order valence-electron chi connectivity index (χ2n) is 6.11. The Morgan fingerprint density at radius 1 is 1.19 bits per heavy atom. The standard InChI is InChI=1S/C18H26NO7P/c1-6-25-27(22,26-7-2)15(16(20)23-4)19-14(13-11-9-8-10-12-13)18(3,24-5)17(19)21/h8-12,14-15H,6-7H2,1-5H3/t14-,15?,18+/m0/s1. The first-order valence-corrected chi connectivity index (χ1v) is 10.3. The summed E-state index contributed by atoms with van der Waals surface area (Å²) in [6.45, 7) is 4.98. The molecule has 8 nitrogen and oxygen atoms in total. The maximum Gasteiger partial charge on any atom is 0.364 e. The number of carbonyl (C=O) groups is 2. The Labute approximate surface area is 159 Å². The molecular formula is C18H26NO7P. The molecule has 0 spiro atoms. The second kappa shape index (κ2) is 8.52. The molecule has 1 saturated heterocycles. The van der Waals surface area contributed by atoms with Crippen molar-refractivity contribution >= 4 is 19.5 Å². The van der Waals surface area contributed by atoms with E-state index in [2.05, 4.69) is 0 Å². The quantitative estimate of drug-likeness (QED) is 0.358. The summed E-state index contributed by atoms with van der Waals surface area (Å²) in [7, 11) is -1.43. The molecule has 0 aliphatic carbocycles. The molecular weight excluding hydrogens is 373 g/mol. The normalized spacial score (nSPS) is 23.7. The number of hydrogen-bond donors (Lipinski definition) is 0. The Hall–Kier alpha value is -1.73. The van der Waals surface area contributed by atoms with Crippen LogP contribution >= 0.6 is 7.60 Å². The van der Waals surface area contributed by atoms with Crippen molar-refractivity contribution in [3.63, 3.8) is 0 Å². The molecule has 1 aliphatic rings. The summed E-state index contributed by atoms with van der Waals surface area (Å²) in [6.07, 6.45) is 0. The molecule has 27 heavy (non-hydrogen) atoms. The Morgan fingerprint density at radius 3 is 2.19 bits per heavy atom. The Bertz CT molecular complexity index is 716. The number of hydrogen-bond acceptors (Lipinski definition) is 7. The Morgan fingerprint density at radius 2 is 1.74 bits per heavy atom. The van der Waals surface area contributed by atoms with Crippen LogP contribution in [0, 0.1) is 0 Å². The van der Waals surface area contributed by atoms with Gasteiger partial charge in [-0.25, -0.2) is 4.79 Å². The van der Waals surface area contributed by atoms with Crippen molar-refractivity contribution in [2.24, 2.45) is 0 Å². The first-order valence-electron chi connectivity index (χ1n) is 8.70. The third-order valence-electron chi connectivity index (χ3n) is 4.59. The van der Waals surface area contributed by atoms with Crippen LogP contribution in [0.2, 0.25) is 0 Å². The van der Waals surface area contributed by atoms with E-state index in [4.69, 9.17) is 18.5 Å². The van der Waals surface area contributed by atoms with Crippen molar-refractivity contribution in [2.45, 2.75) is 38.2 Å². The summed E-state index contributed by atoms with van der Waals surface area (Å²) < 4.78 is 34.4. The van der Waals surface area contributed by atoms with Crippen LogP contribution in [-0.4, -0.2) is 55.6 Å². The van der Waals surface area contributed by atoms with Gasteiger partial charge in [0.2, 0.25) is 5.78 Å². The van der Waals surface area contributed by atoms with Crippen LogP contribution in [0.1, 0.15) is 32.4 Å². The fourth-order valence-electron chi connectivity index (χ4n) is 3.29. The predicted molar refractivity (Wildman–Crippen MR) is 98.1 cm³/mol. The molecule has 1 aliphatic heterocycles. The van der Waals surface area contributed by atoms with Crippen molar-refractivity contribution in [1.82, 2.24) is 4.90 Å². The molecule has 1 heterocycles. The molecule has 0 radical (unpaired) electrons. The molecule has 0 aromatic heterocycles. The van der Waals surface area contributed by atoms with Crippen molar-refractivity contribution in [3.8, 4) is 0 Å². The van der Waals surface area contributed by atoms with E-state index in [-0.39, 0.29) is 13.2 Å². The molecule has 2 rings (SSSR count). The number of benzene rings is 1. The van der Waals surface area contributed by atoms with E-state index in [1.165, 1.54) is 12.0 Å². The van der Waals surface area contributed by atoms with Crippen LogP contribution in [0.4, 0.5) is 0 Å². The average molecular weight is 399 g/mol. The number of carbonyl (C=O) groups excluding carboxylic acids is 2. The minimum absolute atomic E-state index is 0.0460. The molecule has 1 unspecified atom stereocenters. The molecule has 1 amide bonds. The monoisotopic (exact) mass is 399 g/mol. The number of methoxy groups -OCH3 is 2. The van der Waals surface area contributed by atoms with Gasteiger partial charge in [0.05, 0.1) is 26.4 Å². The third kappa shape index (κ3) is 3.67. The van der Waals surface area contributed by atoms with E-state index in [9.17, 15) is 14.2 Å². The molecule has 0 N–H and O–H groups in total. The van der Waals surface area contributed by atoms with Crippen LogP contribution < -0.4 is 0 Å². The summed E-state index contributed by atoms with van der Waals surface area (Å²) in [4.78, 5) is 26.7. The highest BCUT2D eigenvalue weighted by molar-refractivity contribution is 7.55. The van der Waals surface area contributed by atoms with E-state index in [1.807, 2.05) is 30.3 Å². The van der Waals surface area contributed by atoms with Gasteiger partial charge in [-0.05, 0) is 26.3 Å². The Balaban J connectivity index is 2.58. The van der Waals surface area contributed by atoms with Gasteiger partial charge in [0.15, 0.2) is 5.60 Å². The summed E-state index contributed by atoms with van der Waals surface area (Å²) >= 11 is 0. The van der Waals surface area contributed by atoms with Gasteiger partial charge in [0.1, 0.15) is 0 Å². The van der Waals surface area contributed by atoms with Gasteiger partial charge in [0, 0.05) is 7.11 Å². The van der Waals surface area contributed by atoms with Crippen LogP contribution in [0.15, 0.2) is 30.3 Å². The summed E-state index contributed by atoms with van der Waals surface area (Å²) in [5.74, 6) is -2.88. The van der Waals surface area contributed by atoms with Crippen LogP contribution in [-0.2, 0) is 32.7 Å². The average Bonchev–Trinajstić information content (AvgIpc) is 2.67. The van der Waals surface area contributed by atoms with Crippen molar-refractivity contribution < 1.29 is 32.7 Å². The fraction of sp³-hybridized carbons (Fsp3) is 0.556. The molecule has 9 heteroatoms. The van der Waals surface area contributed by atoms with E-state index in [1.54, 1.807) is 20.8 Å². The lowest BCUT2D eigenvalue weighted by Crippen LogP contribution is -2.71. The first-order chi connectivity index (χ1) is 12.8. The highest BCUT2D eigenvalue weighted by Crippen LogP contribution is 2.60. The zero-order chi connectivity index (χ0) is 20.2. The summed E-state index contributed by atoms with van der Waals surface area (Å²) in [5.41, 5.74) is -0.480. The lowest BCUT2D eigenvalue weighted by Gasteiger charge is -2.55. The molecule has 3 atom stereocenters. The van der Waals surface area contributed by atoms with Crippen molar-refractivity contribution in [1.29, 1.82) is 0 Å². The molecule has 0 bridgehead atoms. The van der Waals surface area contributed by atoms with Gasteiger partial charge in [-0.15, -0.1) is 0 Å². The van der Waals surface area contributed by atoms with E-state index >= 15 is 0 Å². The number of ether oxygens (including phenoxy) is 2. The van der Waals surface area contributed by atoms with Gasteiger partial charge in [-0.1, -0.05) is 30.3 Å². The summed E-state index contributed by atoms with van der Waals surface area (Å²) in [5, 5.41) is 0. The molecule has 0 saturated carbocycles.